The van der Waals surface area contributed by atoms with Gasteiger partial charge in [-0.1, -0.05) is 6.92 Å². The fourth-order valence-electron chi connectivity index (χ4n) is 5.02. The fourth-order valence-corrected chi connectivity index (χ4v) is 5.63. The molecular weight excluding hydrogens is 569 g/mol. The highest BCUT2D eigenvalue weighted by Gasteiger charge is 2.17. The number of amides is 1. The molecule has 0 radical (unpaired) electrons. The van der Waals surface area contributed by atoms with E-state index in [0.29, 0.717) is 40.3 Å². The number of aryl methyl sites for hydroxylation is 1. The Labute approximate surface area is 246 Å². The van der Waals surface area contributed by atoms with Crippen molar-refractivity contribution < 1.29 is 17.6 Å². The van der Waals surface area contributed by atoms with Gasteiger partial charge in [0.05, 0.1) is 46.4 Å². The summed E-state index contributed by atoms with van der Waals surface area (Å²) in [6, 6.07) is 12.0. The Morgan fingerprint density at radius 3 is 2.60 bits per heavy atom. The number of carbonyl (C=O) groups is 1. The van der Waals surface area contributed by atoms with E-state index in [0.717, 1.165) is 45.7 Å². The van der Waals surface area contributed by atoms with Gasteiger partial charge in [0.15, 0.2) is 0 Å². The largest absolute Gasteiger partial charge is 0.353 e. The summed E-state index contributed by atoms with van der Waals surface area (Å²) >= 11 is 0. The first-order chi connectivity index (χ1) is 20.7. The maximum Gasteiger partial charge on any atom is 0.224 e. The highest BCUT2D eigenvalue weighted by atomic mass is 32.2. The highest BCUT2D eigenvalue weighted by molar-refractivity contribution is 7.90. The van der Waals surface area contributed by atoms with Crippen LogP contribution in [0.25, 0.3) is 55.7 Å². The molecule has 0 atom stereocenters. The third kappa shape index (κ3) is 6.14. The molecule has 1 aromatic carbocycles. The number of aromatic amines is 2. The Morgan fingerprint density at radius 1 is 0.953 bits per heavy atom. The van der Waals surface area contributed by atoms with Gasteiger partial charge in [-0.05, 0) is 60.9 Å². The minimum absolute atomic E-state index is 0.0707. The van der Waals surface area contributed by atoms with Crippen molar-refractivity contribution in [2.75, 3.05) is 17.3 Å². The number of benzene rings is 1. The molecule has 6 aromatic rings. The van der Waals surface area contributed by atoms with Crippen molar-refractivity contribution in [3.05, 3.63) is 78.6 Å². The Balaban J connectivity index is 1.37. The molecule has 3 N–H and O–H groups in total. The first-order valence-corrected chi connectivity index (χ1v) is 15.8. The standard InChI is InChI=1S/C31H28FN7O3S/c1-3-4-29(40)36-22-12-20(15-33-16-22)26-13-24-28(17-35-26)38-39-31(24)27-14-23-25(37-27)5-7-34-30(23)19-9-18(10-21(32)11-19)6-8-43(2,41)42/h5,7,9-17,37H,3-4,6,8H2,1-2H3,(H,36,40)(H,38,39). The van der Waals surface area contributed by atoms with Crippen LogP contribution in [0.4, 0.5) is 10.1 Å². The minimum Gasteiger partial charge on any atom is -0.353 e. The smallest absolute Gasteiger partial charge is 0.224 e. The van der Waals surface area contributed by atoms with Crippen molar-refractivity contribution in [2.24, 2.45) is 0 Å². The lowest BCUT2D eigenvalue weighted by atomic mass is 10.0. The molecular formula is C31H28FN7O3S. The lowest BCUT2D eigenvalue weighted by Crippen LogP contribution is -2.10. The van der Waals surface area contributed by atoms with E-state index < -0.39 is 15.7 Å². The van der Waals surface area contributed by atoms with Crippen LogP contribution in [0.15, 0.2) is 67.3 Å². The van der Waals surface area contributed by atoms with E-state index in [9.17, 15) is 17.6 Å². The first-order valence-electron chi connectivity index (χ1n) is 13.7. The van der Waals surface area contributed by atoms with Crippen molar-refractivity contribution in [3.8, 4) is 33.9 Å². The van der Waals surface area contributed by atoms with Crippen LogP contribution in [0.1, 0.15) is 25.3 Å². The van der Waals surface area contributed by atoms with Crippen LogP contribution in [0.2, 0.25) is 0 Å². The van der Waals surface area contributed by atoms with Gasteiger partial charge in [-0.15, -0.1) is 0 Å². The van der Waals surface area contributed by atoms with E-state index in [4.69, 9.17) is 0 Å². The van der Waals surface area contributed by atoms with Gasteiger partial charge in [0, 0.05) is 52.5 Å². The fraction of sp³-hybridized carbons (Fsp3) is 0.194. The van der Waals surface area contributed by atoms with Crippen LogP contribution in [0, 0.1) is 5.82 Å². The number of nitrogens with zero attached hydrogens (tertiary/aromatic N) is 4. The van der Waals surface area contributed by atoms with Gasteiger partial charge < -0.3 is 10.3 Å². The maximum absolute atomic E-state index is 14.6. The number of fused-ring (bicyclic) bond motifs is 2. The van der Waals surface area contributed by atoms with Crippen LogP contribution < -0.4 is 5.32 Å². The molecule has 0 aliphatic rings. The average molecular weight is 598 g/mol. The van der Waals surface area contributed by atoms with E-state index in [2.05, 4.69) is 35.5 Å². The molecule has 1 amide bonds. The monoisotopic (exact) mass is 597 g/mol. The maximum atomic E-state index is 14.6. The molecule has 0 aliphatic heterocycles. The second kappa shape index (κ2) is 11.4. The number of nitrogens with one attached hydrogen (secondary N) is 3. The lowest BCUT2D eigenvalue weighted by Gasteiger charge is -2.07. The molecule has 0 spiro atoms. The van der Waals surface area contributed by atoms with Crippen LogP contribution >= 0.6 is 0 Å². The molecule has 5 aromatic heterocycles. The number of hydrogen-bond acceptors (Lipinski definition) is 7. The molecule has 0 saturated carbocycles. The lowest BCUT2D eigenvalue weighted by molar-refractivity contribution is -0.116. The summed E-state index contributed by atoms with van der Waals surface area (Å²) < 4.78 is 37.9. The third-order valence-corrected chi connectivity index (χ3v) is 7.98. The molecule has 218 valence electrons. The van der Waals surface area contributed by atoms with E-state index >= 15 is 0 Å². The van der Waals surface area contributed by atoms with Crippen LogP contribution in [-0.2, 0) is 21.1 Å². The topological polar surface area (TPSA) is 146 Å². The van der Waals surface area contributed by atoms with Gasteiger partial charge in [0.25, 0.3) is 0 Å². The number of anilines is 1. The van der Waals surface area contributed by atoms with Gasteiger partial charge in [-0.3, -0.25) is 24.8 Å². The molecule has 0 bridgehead atoms. The first kappa shape index (κ1) is 28.2. The predicted octanol–water partition coefficient (Wildman–Crippen LogP) is 5.70. The summed E-state index contributed by atoms with van der Waals surface area (Å²) in [5.74, 6) is -0.603. The molecule has 0 saturated heterocycles. The number of pyridine rings is 3. The zero-order chi connectivity index (χ0) is 30.1. The zero-order valence-corrected chi connectivity index (χ0v) is 24.3. The quantitative estimate of drug-likeness (QED) is 0.194. The highest BCUT2D eigenvalue weighted by Crippen LogP contribution is 2.34. The summed E-state index contributed by atoms with van der Waals surface area (Å²) in [5, 5.41) is 12.0. The van der Waals surface area contributed by atoms with Gasteiger partial charge in [-0.2, -0.15) is 5.10 Å². The minimum atomic E-state index is -3.19. The van der Waals surface area contributed by atoms with Gasteiger partial charge in [0.1, 0.15) is 21.3 Å². The Hall–Kier alpha value is -4.97. The number of hydrogen-bond donors (Lipinski definition) is 3. The van der Waals surface area contributed by atoms with Crippen molar-refractivity contribution in [1.82, 2.24) is 30.1 Å². The summed E-state index contributed by atoms with van der Waals surface area (Å²) in [6.45, 7) is 1.95. The Kier molecular flexibility index (Phi) is 7.45. The number of aromatic nitrogens is 6. The van der Waals surface area contributed by atoms with Crippen molar-refractivity contribution in [2.45, 2.75) is 26.2 Å². The molecule has 0 unspecified atom stereocenters. The second-order valence-electron chi connectivity index (χ2n) is 10.5. The second-order valence-corrected chi connectivity index (χ2v) is 12.7. The van der Waals surface area contributed by atoms with Crippen LogP contribution in [0.3, 0.4) is 0 Å². The molecule has 10 nitrogen and oxygen atoms in total. The molecule has 6 rings (SSSR count). The Bertz CT molecular complexity index is 2100. The number of halogens is 1. The summed E-state index contributed by atoms with van der Waals surface area (Å²) in [6.07, 6.45) is 9.18. The molecule has 43 heavy (non-hydrogen) atoms. The molecule has 5 heterocycles. The van der Waals surface area contributed by atoms with E-state index in [1.807, 2.05) is 31.2 Å². The van der Waals surface area contributed by atoms with E-state index in [1.165, 1.54) is 12.1 Å². The molecule has 0 aliphatic carbocycles. The molecule has 0 fully saturated rings. The third-order valence-electron chi connectivity index (χ3n) is 7.04. The van der Waals surface area contributed by atoms with Gasteiger partial charge in [0.2, 0.25) is 5.91 Å². The summed E-state index contributed by atoms with van der Waals surface area (Å²) in [7, 11) is -3.19. The summed E-state index contributed by atoms with van der Waals surface area (Å²) in [5.41, 5.74) is 6.60. The number of sulfone groups is 1. The summed E-state index contributed by atoms with van der Waals surface area (Å²) in [4.78, 5) is 28.9. The number of H-pyrrole nitrogens is 2. The molecule has 12 heteroatoms. The Morgan fingerprint density at radius 2 is 1.79 bits per heavy atom. The number of carbonyl (C=O) groups excluding carboxylic acids is 1. The SMILES string of the molecule is CCCC(=O)Nc1cncc(-c2cc3c(-c4cc5c(-c6cc(F)cc(CCS(C)(=O)=O)c6)nccc5[nH]4)n[nH]c3cn2)c1. The van der Waals surface area contributed by atoms with Crippen LogP contribution in [0.5, 0.6) is 0 Å². The van der Waals surface area contributed by atoms with Crippen molar-refractivity contribution >= 4 is 43.2 Å². The predicted molar refractivity (Wildman–Crippen MR) is 165 cm³/mol. The van der Waals surface area contributed by atoms with E-state index in [1.54, 1.807) is 30.9 Å². The average Bonchev–Trinajstić information content (AvgIpc) is 3.59. The van der Waals surface area contributed by atoms with Crippen molar-refractivity contribution in [1.29, 1.82) is 0 Å². The number of rotatable bonds is 9. The van der Waals surface area contributed by atoms with Crippen LogP contribution in [-0.4, -0.2) is 56.5 Å². The van der Waals surface area contributed by atoms with Gasteiger partial charge in [-0.25, -0.2) is 12.8 Å². The van der Waals surface area contributed by atoms with Gasteiger partial charge >= 0.3 is 0 Å². The normalized spacial score (nSPS) is 11.8. The van der Waals surface area contributed by atoms with E-state index in [-0.39, 0.29) is 18.1 Å². The zero-order valence-electron chi connectivity index (χ0n) is 23.5. The van der Waals surface area contributed by atoms with Crippen molar-refractivity contribution in [3.63, 3.8) is 0 Å².